The molecule has 0 radical (unpaired) electrons. The lowest BCUT2D eigenvalue weighted by Gasteiger charge is -2.12. The Labute approximate surface area is 152 Å². The van der Waals surface area contributed by atoms with Crippen molar-refractivity contribution in [1.82, 2.24) is 0 Å². The van der Waals surface area contributed by atoms with Gasteiger partial charge in [0, 0.05) is 18.2 Å². The summed E-state index contributed by atoms with van der Waals surface area (Å²) in [6.45, 7) is 2.93. The van der Waals surface area contributed by atoms with Crippen LogP contribution in [0.3, 0.4) is 0 Å². The number of amides is 2. The number of hydrogen-bond acceptors (Lipinski definition) is 5. The number of rotatable bonds is 6. The van der Waals surface area contributed by atoms with Gasteiger partial charge in [0.2, 0.25) is 5.91 Å². The maximum atomic E-state index is 12.4. The number of sulfone groups is 1. The molecule has 8 heteroatoms. The van der Waals surface area contributed by atoms with Crippen molar-refractivity contribution in [3.63, 3.8) is 0 Å². The number of carbonyl (C=O) groups is 2. The van der Waals surface area contributed by atoms with Crippen LogP contribution >= 0.6 is 0 Å². The van der Waals surface area contributed by atoms with Gasteiger partial charge in [-0.2, -0.15) is 0 Å². The Morgan fingerprint density at radius 1 is 1.04 bits per heavy atom. The fraction of sp³-hybridized carbons (Fsp3) is 0.222. The molecule has 0 unspecified atom stereocenters. The molecule has 138 valence electrons. The highest BCUT2D eigenvalue weighted by Crippen LogP contribution is 2.28. The molecule has 2 amide bonds. The first-order chi connectivity index (χ1) is 12.3. The number of hydrogen-bond donors (Lipinski definition) is 2. The molecule has 0 spiro atoms. The number of nitrogens with one attached hydrogen (secondary N) is 2. The maximum Gasteiger partial charge on any atom is 0.255 e. The molecule has 2 aromatic rings. The molecule has 2 rings (SSSR count). The molecular formula is C18H20N2O5S. The maximum absolute atomic E-state index is 12.4. The molecule has 0 aliphatic carbocycles. The molecule has 2 aromatic carbocycles. The van der Waals surface area contributed by atoms with Gasteiger partial charge in [-0.15, -0.1) is 0 Å². The molecule has 0 aliphatic heterocycles. The zero-order valence-electron chi connectivity index (χ0n) is 14.7. The second-order valence-corrected chi connectivity index (χ2v) is 7.76. The van der Waals surface area contributed by atoms with Crippen LogP contribution in [0.1, 0.15) is 24.2 Å². The summed E-state index contributed by atoms with van der Waals surface area (Å²) >= 11 is 0. The van der Waals surface area contributed by atoms with Gasteiger partial charge in [0.1, 0.15) is 5.75 Å². The Morgan fingerprint density at radius 3 is 2.23 bits per heavy atom. The molecule has 0 saturated heterocycles. The van der Waals surface area contributed by atoms with E-state index in [0.717, 1.165) is 0 Å². The second-order valence-electron chi connectivity index (χ2n) is 5.48. The van der Waals surface area contributed by atoms with Gasteiger partial charge in [-0.25, -0.2) is 8.42 Å². The van der Waals surface area contributed by atoms with Crippen molar-refractivity contribution in [3.05, 3.63) is 48.0 Å². The van der Waals surface area contributed by atoms with E-state index in [0.29, 0.717) is 22.7 Å². The molecule has 0 atom stereocenters. The molecule has 0 saturated carbocycles. The third-order valence-electron chi connectivity index (χ3n) is 3.62. The van der Waals surface area contributed by atoms with Gasteiger partial charge in [-0.1, -0.05) is 6.92 Å². The quantitative estimate of drug-likeness (QED) is 0.807. The van der Waals surface area contributed by atoms with E-state index < -0.39 is 15.7 Å². The third kappa shape index (κ3) is 4.60. The van der Waals surface area contributed by atoms with Gasteiger partial charge >= 0.3 is 0 Å². The molecule has 7 nitrogen and oxygen atoms in total. The molecule has 0 heterocycles. The first-order valence-corrected chi connectivity index (χ1v) is 9.52. The topological polar surface area (TPSA) is 102 Å². The summed E-state index contributed by atoms with van der Waals surface area (Å²) in [4.78, 5) is 23.8. The zero-order chi connectivity index (χ0) is 19.3. The van der Waals surface area contributed by atoms with Crippen molar-refractivity contribution in [2.24, 2.45) is 0 Å². The van der Waals surface area contributed by atoms with Gasteiger partial charge in [-0.05, 0) is 42.5 Å². The van der Waals surface area contributed by atoms with E-state index in [-0.39, 0.29) is 16.6 Å². The van der Waals surface area contributed by atoms with Gasteiger partial charge in [0.05, 0.1) is 23.4 Å². The summed E-state index contributed by atoms with van der Waals surface area (Å²) in [5, 5.41) is 5.33. The zero-order valence-corrected chi connectivity index (χ0v) is 15.5. The van der Waals surface area contributed by atoms with Crippen molar-refractivity contribution in [1.29, 1.82) is 0 Å². The van der Waals surface area contributed by atoms with Crippen LogP contribution < -0.4 is 15.4 Å². The van der Waals surface area contributed by atoms with Crippen LogP contribution in [0.5, 0.6) is 5.75 Å². The van der Waals surface area contributed by atoms with E-state index in [1.807, 2.05) is 0 Å². The first kappa shape index (κ1) is 19.5. The number of methoxy groups -OCH3 is 1. The van der Waals surface area contributed by atoms with Crippen molar-refractivity contribution >= 4 is 33.0 Å². The Hall–Kier alpha value is -2.87. The van der Waals surface area contributed by atoms with Crippen LogP contribution in [0.15, 0.2) is 47.4 Å². The average molecular weight is 376 g/mol. The van der Waals surface area contributed by atoms with E-state index in [9.17, 15) is 18.0 Å². The summed E-state index contributed by atoms with van der Waals surface area (Å²) in [6.07, 6.45) is 0. The first-order valence-electron chi connectivity index (χ1n) is 7.86. The van der Waals surface area contributed by atoms with Crippen LogP contribution in [-0.4, -0.2) is 33.1 Å². The highest BCUT2D eigenvalue weighted by Gasteiger charge is 2.14. The van der Waals surface area contributed by atoms with Crippen molar-refractivity contribution in [2.75, 3.05) is 23.5 Å². The third-order valence-corrected chi connectivity index (χ3v) is 5.37. The minimum absolute atomic E-state index is 0.00365. The Morgan fingerprint density at radius 2 is 1.69 bits per heavy atom. The Kier molecular flexibility index (Phi) is 5.99. The SMILES string of the molecule is CCS(=O)(=O)c1ccc(C(=O)Nc2ccc(OC)c(NC(C)=O)c2)cc1. The molecule has 0 fully saturated rings. The standard InChI is InChI=1S/C18H20N2O5S/c1-4-26(23,24)15-8-5-13(6-9-15)18(22)20-14-7-10-17(25-3)16(11-14)19-12(2)21/h5-11H,4H2,1-3H3,(H,19,21)(H,20,22). The largest absolute Gasteiger partial charge is 0.495 e. The summed E-state index contributed by atoms with van der Waals surface area (Å²) in [5.41, 5.74) is 1.21. The average Bonchev–Trinajstić information content (AvgIpc) is 2.61. The van der Waals surface area contributed by atoms with Crippen LogP contribution in [-0.2, 0) is 14.6 Å². The lowest BCUT2D eigenvalue weighted by Crippen LogP contribution is -2.13. The minimum atomic E-state index is -3.31. The van der Waals surface area contributed by atoms with Crippen LogP contribution in [0.25, 0.3) is 0 Å². The van der Waals surface area contributed by atoms with Gasteiger partial charge in [0.25, 0.3) is 5.91 Å². The van der Waals surface area contributed by atoms with E-state index in [1.165, 1.54) is 38.3 Å². The summed E-state index contributed by atoms with van der Waals surface area (Å²) in [6, 6.07) is 10.6. The molecule has 0 aliphatic rings. The molecule has 26 heavy (non-hydrogen) atoms. The lowest BCUT2D eigenvalue weighted by molar-refractivity contribution is -0.114. The molecule has 0 aromatic heterocycles. The minimum Gasteiger partial charge on any atom is -0.495 e. The predicted molar refractivity (Wildman–Crippen MR) is 99.4 cm³/mol. The van der Waals surface area contributed by atoms with Crippen molar-refractivity contribution in [3.8, 4) is 5.75 Å². The van der Waals surface area contributed by atoms with E-state index in [4.69, 9.17) is 4.74 Å². The van der Waals surface area contributed by atoms with E-state index >= 15 is 0 Å². The fourth-order valence-electron chi connectivity index (χ4n) is 2.26. The van der Waals surface area contributed by atoms with Crippen molar-refractivity contribution in [2.45, 2.75) is 18.7 Å². The molecular weight excluding hydrogens is 356 g/mol. The van der Waals surface area contributed by atoms with Crippen LogP contribution in [0, 0.1) is 0 Å². The monoisotopic (exact) mass is 376 g/mol. The summed E-state index contributed by atoms with van der Waals surface area (Å²) in [7, 11) is -1.83. The summed E-state index contributed by atoms with van der Waals surface area (Å²) < 4.78 is 28.8. The second kappa shape index (κ2) is 8.01. The molecule has 2 N–H and O–H groups in total. The van der Waals surface area contributed by atoms with E-state index in [1.54, 1.807) is 25.1 Å². The lowest BCUT2D eigenvalue weighted by atomic mass is 10.2. The molecule has 0 bridgehead atoms. The normalized spacial score (nSPS) is 10.9. The highest BCUT2D eigenvalue weighted by molar-refractivity contribution is 7.91. The number of benzene rings is 2. The Bertz CT molecular complexity index is 921. The Balaban J connectivity index is 2.20. The number of ether oxygens (including phenoxy) is 1. The van der Waals surface area contributed by atoms with Crippen LogP contribution in [0.2, 0.25) is 0 Å². The van der Waals surface area contributed by atoms with Crippen LogP contribution in [0.4, 0.5) is 11.4 Å². The van der Waals surface area contributed by atoms with E-state index in [2.05, 4.69) is 10.6 Å². The van der Waals surface area contributed by atoms with Crippen molar-refractivity contribution < 1.29 is 22.7 Å². The number of carbonyl (C=O) groups excluding carboxylic acids is 2. The highest BCUT2D eigenvalue weighted by atomic mass is 32.2. The van der Waals surface area contributed by atoms with Gasteiger partial charge in [0.15, 0.2) is 9.84 Å². The summed E-state index contributed by atoms with van der Waals surface area (Å²) in [5.74, 6) is -0.202. The smallest absolute Gasteiger partial charge is 0.255 e. The predicted octanol–water partition coefficient (Wildman–Crippen LogP) is 2.70. The van der Waals surface area contributed by atoms with Gasteiger partial charge < -0.3 is 15.4 Å². The van der Waals surface area contributed by atoms with Gasteiger partial charge in [-0.3, -0.25) is 9.59 Å². The number of anilines is 2. The fourth-order valence-corrected chi connectivity index (χ4v) is 3.14.